The van der Waals surface area contributed by atoms with Gasteiger partial charge in [-0.25, -0.2) is 0 Å². The topological polar surface area (TPSA) is 90.0 Å². The molecule has 7 nitrogen and oxygen atoms in total. The largest absolute Gasteiger partial charge is 0.302 e. The number of hydrogen-bond donors (Lipinski definition) is 0. The van der Waals surface area contributed by atoms with Crippen molar-refractivity contribution in [3.05, 3.63) is 0 Å². The second-order valence-electron chi connectivity index (χ2n) is 7.91. The molecule has 1 aliphatic carbocycles. The van der Waals surface area contributed by atoms with E-state index in [4.69, 9.17) is 8.37 Å². The summed E-state index contributed by atoms with van der Waals surface area (Å²) < 4.78 is 54.6. The van der Waals surface area contributed by atoms with Crippen LogP contribution in [0.15, 0.2) is 0 Å². The second-order valence-corrected chi connectivity index (χ2v) is 11.2. The predicted octanol–water partition coefficient (Wildman–Crippen LogP) is 2.09. The Morgan fingerprint density at radius 1 is 0.846 bits per heavy atom. The zero-order chi connectivity index (χ0) is 19.8. The van der Waals surface area contributed by atoms with Gasteiger partial charge in [-0.05, 0) is 30.6 Å². The van der Waals surface area contributed by atoms with Gasteiger partial charge in [0.1, 0.15) is 0 Å². The third kappa shape index (κ3) is 12.2. The molecule has 1 rings (SSSR count). The van der Waals surface area contributed by atoms with Gasteiger partial charge in [-0.3, -0.25) is 8.37 Å². The van der Waals surface area contributed by atoms with Gasteiger partial charge in [0.25, 0.3) is 20.2 Å². The molecule has 0 aliphatic heterocycles. The molecule has 0 radical (unpaired) electrons. The lowest BCUT2D eigenvalue weighted by atomic mass is 9.88. The fraction of sp³-hybridized carbons (Fsp3) is 1.00. The maximum atomic E-state index is 11.2. The minimum absolute atomic E-state index is 0.0661. The molecule has 1 saturated carbocycles. The van der Waals surface area contributed by atoms with Gasteiger partial charge >= 0.3 is 0 Å². The van der Waals surface area contributed by atoms with Crippen LogP contribution in [0.1, 0.15) is 46.0 Å². The van der Waals surface area contributed by atoms with E-state index in [-0.39, 0.29) is 25.0 Å². The molecule has 1 aliphatic rings. The second kappa shape index (κ2) is 10.9. The van der Waals surface area contributed by atoms with Crippen molar-refractivity contribution in [1.82, 2.24) is 4.90 Å². The maximum absolute atomic E-state index is 11.2. The van der Waals surface area contributed by atoms with Crippen LogP contribution in [0.25, 0.3) is 0 Å². The SMILES string of the molecule is C[C@H](COS(C)(=O)=O)CN(CC1CCCCC1)C[C@@H](C)COS(C)(=O)=O. The van der Waals surface area contributed by atoms with Crippen LogP contribution in [-0.2, 0) is 28.6 Å². The van der Waals surface area contributed by atoms with Crippen molar-refractivity contribution >= 4 is 20.2 Å². The first-order valence-corrected chi connectivity index (χ1v) is 13.0. The van der Waals surface area contributed by atoms with E-state index in [1.807, 2.05) is 13.8 Å². The van der Waals surface area contributed by atoms with Crippen molar-refractivity contribution in [3.63, 3.8) is 0 Å². The molecule has 26 heavy (non-hydrogen) atoms. The van der Waals surface area contributed by atoms with E-state index in [1.54, 1.807) is 0 Å². The van der Waals surface area contributed by atoms with Crippen molar-refractivity contribution < 1.29 is 25.2 Å². The average Bonchev–Trinajstić information content (AvgIpc) is 2.50. The van der Waals surface area contributed by atoms with Gasteiger partial charge < -0.3 is 4.90 Å². The first kappa shape index (κ1) is 23.8. The smallest absolute Gasteiger partial charge is 0.264 e. The van der Waals surface area contributed by atoms with Crippen molar-refractivity contribution in [3.8, 4) is 0 Å². The molecule has 1 fully saturated rings. The standard InChI is InChI=1S/C17H35NO6S2/c1-15(13-23-25(3,19)20)10-18(12-17-8-6-5-7-9-17)11-16(2)14-24-26(4,21)22/h15-17H,5-14H2,1-4H3/t15-,16+. The molecular weight excluding hydrogens is 378 g/mol. The number of hydrogen-bond acceptors (Lipinski definition) is 7. The van der Waals surface area contributed by atoms with Crippen LogP contribution < -0.4 is 0 Å². The fourth-order valence-electron chi connectivity index (χ4n) is 3.42. The third-order valence-corrected chi connectivity index (χ3v) is 5.64. The molecule has 0 heterocycles. The Morgan fingerprint density at radius 3 is 1.65 bits per heavy atom. The Labute approximate surface area is 159 Å². The maximum Gasteiger partial charge on any atom is 0.264 e. The van der Waals surface area contributed by atoms with Gasteiger partial charge in [0, 0.05) is 19.6 Å². The Hall–Kier alpha value is -0.220. The van der Waals surface area contributed by atoms with E-state index < -0.39 is 20.2 Å². The van der Waals surface area contributed by atoms with E-state index in [9.17, 15) is 16.8 Å². The van der Waals surface area contributed by atoms with Crippen molar-refractivity contribution in [2.24, 2.45) is 17.8 Å². The van der Waals surface area contributed by atoms with Crippen LogP contribution >= 0.6 is 0 Å². The van der Waals surface area contributed by atoms with E-state index in [2.05, 4.69) is 4.90 Å². The highest BCUT2D eigenvalue weighted by molar-refractivity contribution is 7.86. The van der Waals surface area contributed by atoms with Gasteiger partial charge in [-0.1, -0.05) is 33.1 Å². The van der Waals surface area contributed by atoms with E-state index >= 15 is 0 Å². The normalized spacial score (nSPS) is 19.6. The van der Waals surface area contributed by atoms with Crippen LogP contribution in [0, 0.1) is 17.8 Å². The molecule has 0 aromatic heterocycles. The Kier molecular flexibility index (Phi) is 10.0. The lowest BCUT2D eigenvalue weighted by molar-refractivity contribution is 0.127. The molecule has 0 saturated heterocycles. The van der Waals surface area contributed by atoms with Crippen molar-refractivity contribution in [1.29, 1.82) is 0 Å². The van der Waals surface area contributed by atoms with Crippen LogP contribution in [0.2, 0.25) is 0 Å². The molecule has 0 amide bonds. The van der Waals surface area contributed by atoms with Gasteiger partial charge in [-0.2, -0.15) is 16.8 Å². The Balaban J connectivity index is 2.58. The molecule has 0 unspecified atom stereocenters. The summed E-state index contributed by atoms with van der Waals surface area (Å²) in [6.45, 7) is 6.65. The van der Waals surface area contributed by atoms with E-state index in [0.717, 1.165) is 32.1 Å². The molecule has 156 valence electrons. The average molecular weight is 414 g/mol. The highest BCUT2D eigenvalue weighted by Crippen LogP contribution is 2.25. The first-order chi connectivity index (χ1) is 11.9. The summed E-state index contributed by atoms with van der Waals surface area (Å²) in [5, 5.41) is 0. The minimum atomic E-state index is -3.44. The summed E-state index contributed by atoms with van der Waals surface area (Å²) >= 11 is 0. The summed E-state index contributed by atoms with van der Waals surface area (Å²) in [6, 6.07) is 0. The van der Waals surface area contributed by atoms with Gasteiger partial charge in [0.15, 0.2) is 0 Å². The number of nitrogens with zero attached hydrogens (tertiary/aromatic N) is 1. The molecule has 0 aromatic carbocycles. The highest BCUT2D eigenvalue weighted by Gasteiger charge is 2.21. The quantitative estimate of drug-likeness (QED) is 0.453. The van der Waals surface area contributed by atoms with Crippen LogP contribution in [-0.4, -0.2) is 67.1 Å². The zero-order valence-electron chi connectivity index (χ0n) is 16.5. The summed E-state index contributed by atoms with van der Waals surface area (Å²) in [5.74, 6) is 0.780. The Bertz CT molecular complexity index is 555. The number of rotatable bonds is 12. The monoisotopic (exact) mass is 413 g/mol. The molecule has 9 heteroatoms. The molecule has 0 N–H and O–H groups in total. The predicted molar refractivity (Wildman–Crippen MR) is 103 cm³/mol. The minimum Gasteiger partial charge on any atom is -0.302 e. The summed E-state index contributed by atoms with van der Waals surface area (Å²) in [6.07, 6.45) is 8.38. The van der Waals surface area contributed by atoms with Crippen molar-refractivity contribution in [2.75, 3.05) is 45.4 Å². The van der Waals surface area contributed by atoms with E-state index in [1.165, 1.54) is 32.1 Å². The fourth-order valence-corrected chi connectivity index (χ4v) is 4.38. The summed E-state index contributed by atoms with van der Waals surface area (Å²) in [4.78, 5) is 2.31. The lowest BCUT2D eigenvalue weighted by Crippen LogP contribution is -2.39. The molecule has 0 aromatic rings. The third-order valence-electron chi connectivity index (χ3n) is 4.51. The molecule has 2 atom stereocenters. The Morgan fingerprint density at radius 2 is 1.27 bits per heavy atom. The van der Waals surface area contributed by atoms with Crippen LogP contribution in [0.5, 0.6) is 0 Å². The summed E-state index contributed by atoms with van der Waals surface area (Å²) in [7, 11) is -6.87. The van der Waals surface area contributed by atoms with E-state index in [0.29, 0.717) is 5.92 Å². The van der Waals surface area contributed by atoms with Crippen molar-refractivity contribution in [2.45, 2.75) is 46.0 Å². The van der Waals surface area contributed by atoms with Gasteiger partial charge in [0.2, 0.25) is 0 Å². The summed E-state index contributed by atoms with van der Waals surface area (Å²) in [5.41, 5.74) is 0. The van der Waals surface area contributed by atoms with Crippen LogP contribution in [0.4, 0.5) is 0 Å². The zero-order valence-corrected chi connectivity index (χ0v) is 18.1. The van der Waals surface area contributed by atoms with Gasteiger partial charge in [-0.15, -0.1) is 0 Å². The van der Waals surface area contributed by atoms with Gasteiger partial charge in [0.05, 0.1) is 25.7 Å². The first-order valence-electron chi connectivity index (χ1n) is 9.35. The van der Waals surface area contributed by atoms with Crippen LogP contribution in [0.3, 0.4) is 0 Å². The lowest BCUT2D eigenvalue weighted by Gasteiger charge is -2.33. The molecule has 0 spiro atoms. The highest BCUT2D eigenvalue weighted by atomic mass is 32.2. The molecular formula is C17H35NO6S2. The molecule has 0 bridgehead atoms.